The quantitative estimate of drug-likeness (QED) is 0.733. The molecule has 25 heavy (non-hydrogen) atoms. The van der Waals surface area contributed by atoms with Crippen LogP contribution in [0.2, 0.25) is 5.02 Å². The Hall–Kier alpha value is -2.93. The Kier molecular flexibility index (Phi) is 5.25. The number of nitrogens with one attached hydrogen (secondary N) is 1. The summed E-state index contributed by atoms with van der Waals surface area (Å²) in [5.41, 5.74) is 0.513. The van der Waals surface area contributed by atoms with E-state index in [0.29, 0.717) is 28.7 Å². The summed E-state index contributed by atoms with van der Waals surface area (Å²) in [7, 11) is 0. The van der Waals surface area contributed by atoms with E-state index in [1.165, 1.54) is 17.3 Å². The van der Waals surface area contributed by atoms with Crippen LogP contribution >= 0.6 is 11.6 Å². The molecular formula is C17H16ClN5O2. The van der Waals surface area contributed by atoms with Gasteiger partial charge in [0.2, 0.25) is 0 Å². The first-order chi connectivity index (χ1) is 12.2. The summed E-state index contributed by atoms with van der Waals surface area (Å²) in [6.07, 6.45) is 4.31. The zero-order valence-corrected chi connectivity index (χ0v) is 14.2. The number of para-hydroxylation sites is 1. The maximum atomic E-state index is 12.6. The van der Waals surface area contributed by atoms with Crippen LogP contribution in [-0.2, 0) is 4.79 Å². The molecule has 128 valence electrons. The first kappa shape index (κ1) is 16.9. The van der Waals surface area contributed by atoms with Gasteiger partial charge in [0, 0.05) is 6.20 Å². The van der Waals surface area contributed by atoms with Gasteiger partial charge in [-0.05, 0) is 30.7 Å². The van der Waals surface area contributed by atoms with Gasteiger partial charge >= 0.3 is 0 Å². The third-order valence-corrected chi connectivity index (χ3v) is 3.76. The maximum Gasteiger partial charge on any atom is 0.265 e. The number of hydrogen-bond donors (Lipinski definition) is 1. The summed E-state index contributed by atoms with van der Waals surface area (Å²) in [5, 5.41) is 7.33. The third-order valence-electron chi connectivity index (χ3n) is 3.45. The van der Waals surface area contributed by atoms with Crippen molar-refractivity contribution >= 4 is 23.2 Å². The van der Waals surface area contributed by atoms with Gasteiger partial charge in [0.1, 0.15) is 18.4 Å². The van der Waals surface area contributed by atoms with Gasteiger partial charge < -0.3 is 10.1 Å². The Morgan fingerprint density at radius 1 is 1.32 bits per heavy atom. The van der Waals surface area contributed by atoms with E-state index in [0.717, 1.165) is 0 Å². The Morgan fingerprint density at radius 2 is 2.16 bits per heavy atom. The van der Waals surface area contributed by atoms with E-state index in [1.807, 2.05) is 6.92 Å². The van der Waals surface area contributed by atoms with Gasteiger partial charge in [-0.1, -0.05) is 30.7 Å². The van der Waals surface area contributed by atoms with E-state index in [9.17, 15) is 4.79 Å². The first-order valence-corrected chi connectivity index (χ1v) is 8.09. The number of pyridine rings is 1. The number of ether oxygens (including phenoxy) is 1. The van der Waals surface area contributed by atoms with Crippen molar-refractivity contribution in [2.24, 2.45) is 0 Å². The highest BCUT2D eigenvalue weighted by atomic mass is 35.5. The number of amides is 1. The van der Waals surface area contributed by atoms with E-state index in [-0.39, 0.29) is 5.91 Å². The molecule has 0 saturated heterocycles. The zero-order chi connectivity index (χ0) is 17.6. The lowest BCUT2D eigenvalue weighted by Crippen LogP contribution is -2.33. The second-order valence-corrected chi connectivity index (χ2v) is 5.56. The molecule has 3 aromatic rings. The van der Waals surface area contributed by atoms with E-state index in [1.54, 1.807) is 42.6 Å². The normalized spacial score (nSPS) is 11.8. The Morgan fingerprint density at radius 3 is 2.88 bits per heavy atom. The Labute approximate surface area is 149 Å². The minimum absolute atomic E-state index is 0.295. The average molecular weight is 358 g/mol. The van der Waals surface area contributed by atoms with Gasteiger partial charge in [-0.15, -0.1) is 0 Å². The molecular weight excluding hydrogens is 342 g/mol. The highest BCUT2D eigenvalue weighted by Crippen LogP contribution is 2.25. The number of anilines is 1. The third kappa shape index (κ3) is 3.95. The molecule has 0 spiro atoms. The van der Waals surface area contributed by atoms with Gasteiger partial charge in [0.25, 0.3) is 5.91 Å². The fourth-order valence-corrected chi connectivity index (χ4v) is 2.40. The van der Waals surface area contributed by atoms with Crippen LogP contribution < -0.4 is 10.1 Å². The number of carbonyl (C=O) groups excluding carboxylic acids is 1. The van der Waals surface area contributed by atoms with Gasteiger partial charge in [-0.3, -0.25) is 4.79 Å². The van der Waals surface area contributed by atoms with Crippen molar-refractivity contribution < 1.29 is 9.53 Å². The highest BCUT2D eigenvalue weighted by Gasteiger charge is 2.21. The number of nitrogens with zero attached hydrogens (tertiary/aromatic N) is 4. The smallest absolute Gasteiger partial charge is 0.265 e. The SMILES string of the molecule is CC[C@@H](Oc1ccccc1Cl)C(=O)Nc1cccnc1-n1cncn1. The molecule has 0 unspecified atom stereocenters. The predicted octanol–water partition coefficient (Wildman–Crippen LogP) is 3.11. The number of hydrogen-bond acceptors (Lipinski definition) is 5. The molecule has 1 atom stereocenters. The molecule has 0 bridgehead atoms. The number of benzene rings is 1. The van der Waals surface area contributed by atoms with Crippen LogP contribution in [0.15, 0.2) is 55.2 Å². The van der Waals surface area contributed by atoms with Gasteiger partial charge in [-0.25, -0.2) is 14.6 Å². The molecule has 2 aromatic heterocycles. The van der Waals surface area contributed by atoms with E-state index in [2.05, 4.69) is 20.4 Å². The van der Waals surface area contributed by atoms with E-state index >= 15 is 0 Å². The second kappa shape index (κ2) is 7.76. The van der Waals surface area contributed by atoms with Crippen LogP contribution in [0.5, 0.6) is 5.75 Å². The second-order valence-electron chi connectivity index (χ2n) is 5.15. The molecule has 3 rings (SSSR count). The van der Waals surface area contributed by atoms with Crippen LogP contribution in [0.1, 0.15) is 13.3 Å². The fraction of sp³-hybridized carbons (Fsp3) is 0.176. The average Bonchev–Trinajstić information content (AvgIpc) is 3.16. The lowest BCUT2D eigenvalue weighted by molar-refractivity contribution is -0.122. The monoisotopic (exact) mass is 357 g/mol. The van der Waals surface area contributed by atoms with Gasteiger partial charge in [-0.2, -0.15) is 5.10 Å². The maximum absolute atomic E-state index is 12.6. The van der Waals surface area contributed by atoms with Crippen molar-refractivity contribution in [1.29, 1.82) is 0 Å². The lowest BCUT2D eigenvalue weighted by Gasteiger charge is -2.18. The molecule has 2 heterocycles. The molecule has 8 heteroatoms. The summed E-state index contributed by atoms with van der Waals surface area (Å²) < 4.78 is 7.24. The molecule has 1 aromatic carbocycles. The topological polar surface area (TPSA) is 81.9 Å². The molecule has 0 fully saturated rings. The minimum Gasteiger partial charge on any atom is -0.479 e. The fourth-order valence-electron chi connectivity index (χ4n) is 2.22. The molecule has 0 aliphatic carbocycles. The number of aromatic nitrogens is 4. The molecule has 7 nitrogen and oxygen atoms in total. The summed E-state index contributed by atoms with van der Waals surface area (Å²) in [4.78, 5) is 20.8. The van der Waals surface area contributed by atoms with Gasteiger partial charge in [0.15, 0.2) is 11.9 Å². The summed E-state index contributed by atoms with van der Waals surface area (Å²) in [6.45, 7) is 1.86. The van der Waals surface area contributed by atoms with Crippen LogP contribution in [0, 0.1) is 0 Å². The zero-order valence-electron chi connectivity index (χ0n) is 13.5. The molecule has 1 N–H and O–H groups in total. The first-order valence-electron chi connectivity index (χ1n) is 7.71. The predicted molar refractivity (Wildman–Crippen MR) is 93.9 cm³/mol. The molecule has 0 radical (unpaired) electrons. The van der Waals surface area contributed by atoms with Crippen LogP contribution in [0.25, 0.3) is 5.82 Å². The molecule has 1 amide bonds. The van der Waals surface area contributed by atoms with Gasteiger partial charge in [0.05, 0.1) is 10.7 Å². The minimum atomic E-state index is -0.691. The van der Waals surface area contributed by atoms with Crippen molar-refractivity contribution in [3.63, 3.8) is 0 Å². The number of rotatable bonds is 6. The van der Waals surface area contributed by atoms with Crippen LogP contribution in [0.3, 0.4) is 0 Å². The van der Waals surface area contributed by atoms with Crippen molar-refractivity contribution in [2.75, 3.05) is 5.32 Å². The van der Waals surface area contributed by atoms with E-state index in [4.69, 9.17) is 16.3 Å². The van der Waals surface area contributed by atoms with E-state index < -0.39 is 6.10 Å². The molecule has 0 aliphatic rings. The van der Waals surface area contributed by atoms with Crippen molar-refractivity contribution in [3.05, 3.63) is 60.3 Å². The number of halogens is 1. The highest BCUT2D eigenvalue weighted by molar-refractivity contribution is 6.32. The Balaban J connectivity index is 1.78. The Bertz CT molecular complexity index is 854. The summed E-state index contributed by atoms with van der Waals surface area (Å²) >= 11 is 6.10. The standard InChI is InChI=1S/C17H16ClN5O2/c1-2-14(25-15-8-4-3-6-12(15)18)17(24)22-13-7-5-9-20-16(13)23-11-19-10-21-23/h3-11,14H,2H2,1H3,(H,22,24)/t14-/m1/s1. The largest absolute Gasteiger partial charge is 0.479 e. The van der Waals surface area contributed by atoms with Crippen molar-refractivity contribution in [2.45, 2.75) is 19.4 Å². The lowest BCUT2D eigenvalue weighted by atomic mass is 10.2. The van der Waals surface area contributed by atoms with Crippen molar-refractivity contribution in [3.8, 4) is 11.6 Å². The summed E-state index contributed by atoms with van der Waals surface area (Å²) in [5.74, 6) is 0.645. The molecule has 0 aliphatic heterocycles. The molecule has 0 saturated carbocycles. The summed E-state index contributed by atoms with van der Waals surface area (Å²) in [6, 6.07) is 10.5. The van der Waals surface area contributed by atoms with Crippen LogP contribution in [0.4, 0.5) is 5.69 Å². The van der Waals surface area contributed by atoms with Crippen LogP contribution in [-0.4, -0.2) is 31.8 Å². The number of carbonyl (C=O) groups is 1. The van der Waals surface area contributed by atoms with Crippen molar-refractivity contribution in [1.82, 2.24) is 19.7 Å².